The zero-order valence-electron chi connectivity index (χ0n) is 7.74. The topological polar surface area (TPSA) is 52.0 Å². The van der Waals surface area contributed by atoms with Gasteiger partial charge >= 0.3 is 0 Å². The zero-order chi connectivity index (χ0) is 9.42. The van der Waals surface area contributed by atoms with Crippen molar-refractivity contribution < 1.29 is 4.42 Å². The van der Waals surface area contributed by atoms with E-state index in [1.165, 1.54) is 0 Å². The number of hydrogen-bond donors (Lipinski definition) is 1. The highest BCUT2D eigenvalue weighted by Gasteiger charge is 2.09. The molecule has 0 aliphatic heterocycles. The number of fused-ring (bicyclic) bond motifs is 1. The van der Waals surface area contributed by atoms with Crippen molar-refractivity contribution in [3.8, 4) is 0 Å². The number of benzene rings is 1. The van der Waals surface area contributed by atoms with Gasteiger partial charge in [-0.25, -0.2) is 4.98 Å². The van der Waals surface area contributed by atoms with Crippen molar-refractivity contribution in [2.75, 3.05) is 0 Å². The van der Waals surface area contributed by atoms with E-state index in [1.807, 2.05) is 32.0 Å². The fourth-order valence-corrected chi connectivity index (χ4v) is 1.30. The third kappa shape index (κ3) is 1.31. The van der Waals surface area contributed by atoms with Crippen molar-refractivity contribution in [2.45, 2.75) is 19.9 Å². The molecule has 0 amide bonds. The first-order chi connectivity index (χ1) is 6.18. The van der Waals surface area contributed by atoms with E-state index in [0.29, 0.717) is 5.89 Å². The summed E-state index contributed by atoms with van der Waals surface area (Å²) in [6.45, 7) is 3.87. The molecule has 2 rings (SSSR count). The average Bonchev–Trinajstić information content (AvgIpc) is 2.49. The molecule has 1 atom stereocenters. The summed E-state index contributed by atoms with van der Waals surface area (Å²) in [5.41, 5.74) is 8.51. The molecule has 3 heteroatoms. The second-order valence-electron chi connectivity index (χ2n) is 3.26. The number of rotatable bonds is 1. The number of para-hydroxylation sites is 1. The average molecular weight is 176 g/mol. The van der Waals surface area contributed by atoms with Crippen LogP contribution in [0.5, 0.6) is 0 Å². The molecule has 1 unspecified atom stereocenters. The summed E-state index contributed by atoms with van der Waals surface area (Å²) < 4.78 is 5.47. The van der Waals surface area contributed by atoms with Crippen LogP contribution in [-0.4, -0.2) is 4.98 Å². The third-order valence-corrected chi connectivity index (χ3v) is 2.03. The van der Waals surface area contributed by atoms with Crippen LogP contribution in [0.1, 0.15) is 24.4 Å². The standard InChI is InChI=1S/C10H12N2O/c1-6-4-3-5-8-9(6)12-10(13-8)7(2)11/h3-5,7H,11H2,1-2H3. The molecule has 0 bridgehead atoms. The first-order valence-corrected chi connectivity index (χ1v) is 4.30. The van der Waals surface area contributed by atoms with Crippen molar-refractivity contribution in [3.05, 3.63) is 29.7 Å². The first kappa shape index (κ1) is 8.26. The van der Waals surface area contributed by atoms with E-state index >= 15 is 0 Å². The smallest absolute Gasteiger partial charge is 0.212 e. The van der Waals surface area contributed by atoms with Gasteiger partial charge in [-0.2, -0.15) is 0 Å². The molecular formula is C10H12N2O. The lowest BCUT2D eigenvalue weighted by atomic mass is 10.2. The maximum Gasteiger partial charge on any atom is 0.212 e. The minimum Gasteiger partial charge on any atom is -0.439 e. The Morgan fingerprint density at radius 3 is 2.85 bits per heavy atom. The van der Waals surface area contributed by atoms with Crippen molar-refractivity contribution >= 4 is 11.1 Å². The van der Waals surface area contributed by atoms with Crippen LogP contribution in [0.2, 0.25) is 0 Å². The molecule has 68 valence electrons. The van der Waals surface area contributed by atoms with Crippen molar-refractivity contribution in [1.29, 1.82) is 0 Å². The molecule has 1 aromatic heterocycles. The molecule has 0 saturated carbocycles. The van der Waals surface area contributed by atoms with Crippen LogP contribution in [-0.2, 0) is 0 Å². The Morgan fingerprint density at radius 1 is 1.46 bits per heavy atom. The second-order valence-corrected chi connectivity index (χ2v) is 3.26. The Kier molecular flexibility index (Phi) is 1.81. The molecule has 0 saturated heterocycles. The highest BCUT2D eigenvalue weighted by molar-refractivity contribution is 5.76. The van der Waals surface area contributed by atoms with Crippen LogP contribution in [0.3, 0.4) is 0 Å². The van der Waals surface area contributed by atoms with Crippen molar-refractivity contribution in [2.24, 2.45) is 5.73 Å². The molecule has 1 aromatic carbocycles. The third-order valence-electron chi connectivity index (χ3n) is 2.03. The Labute approximate surface area is 76.6 Å². The van der Waals surface area contributed by atoms with Gasteiger partial charge in [0.1, 0.15) is 5.52 Å². The van der Waals surface area contributed by atoms with E-state index in [9.17, 15) is 0 Å². The fourth-order valence-electron chi connectivity index (χ4n) is 1.30. The van der Waals surface area contributed by atoms with Gasteiger partial charge in [-0.3, -0.25) is 0 Å². The van der Waals surface area contributed by atoms with Gasteiger partial charge in [0.15, 0.2) is 5.58 Å². The summed E-state index contributed by atoms with van der Waals surface area (Å²) in [6.07, 6.45) is 0. The number of nitrogens with zero attached hydrogens (tertiary/aromatic N) is 1. The van der Waals surface area contributed by atoms with Gasteiger partial charge in [-0.15, -0.1) is 0 Å². The van der Waals surface area contributed by atoms with E-state index in [4.69, 9.17) is 10.2 Å². The molecule has 1 heterocycles. The lowest BCUT2D eigenvalue weighted by molar-refractivity contribution is 0.493. The summed E-state index contributed by atoms with van der Waals surface area (Å²) in [5, 5.41) is 0. The monoisotopic (exact) mass is 176 g/mol. The maximum atomic E-state index is 5.67. The lowest BCUT2D eigenvalue weighted by Crippen LogP contribution is -2.04. The van der Waals surface area contributed by atoms with Crippen molar-refractivity contribution in [3.63, 3.8) is 0 Å². The molecule has 13 heavy (non-hydrogen) atoms. The van der Waals surface area contributed by atoms with E-state index in [-0.39, 0.29) is 6.04 Å². The summed E-state index contributed by atoms with van der Waals surface area (Å²) in [7, 11) is 0. The van der Waals surface area contributed by atoms with E-state index in [1.54, 1.807) is 0 Å². The summed E-state index contributed by atoms with van der Waals surface area (Å²) in [4.78, 5) is 4.32. The molecule has 0 fully saturated rings. The van der Waals surface area contributed by atoms with Gasteiger partial charge in [-0.1, -0.05) is 12.1 Å². The zero-order valence-corrected chi connectivity index (χ0v) is 7.74. The number of aromatic nitrogens is 1. The van der Waals surface area contributed by atoms with Crippen LogP contribution in [0, 0.1) is 6.92 Å². The predicted molar refractivity (Wildman–Crippen MR) is 51.3 cm³/mol. The quantitative estimate of drug-likeness (QED) is 0.724. The first-order valence-electron chi connectivity index (χ1n) is 4.30. The number of aryl methyl sites for hydroxylation is 1. The fraction of sp³-hybridized carbons (Fsp3) is 0.300. The molecule has 0 aliphatic rings. The van der Waals surface area contributed by atoms with Gasteiger partial charge in [0.25, 0.3) is 0 Å². The van der Waals surface area contributed by atoms with Crippen LogP contribution in [0.25, 0.3) is 11.1 Å². The Bertz CT molecular complexity index is 431. The second kappa shape index (κ2) is 2.85. The molecule has 3 nitrogen and oxygen atoms in total. The Hall–Kier alpha value is -1.35. The molecule has 0 aliphatic carbocycles. The molecule has 0 spiro atoms. The summed E-state index contributed by atoms with van der Waals surface area (Å²) in [6, 6.07) is 5.72. The van der Waals surface area contributed by atoms with Gasteiger partial charge in [0.2, 0.25) is 5.89 Å². The number of hydrogen-bond acceptors (Lipinski definition) is 3. The highest BCUT2D eigenvalue weighted by atomic mass is 16.3. The van der Waals surface area contributed by atoms with E-state index < -0.39 is 0 Å². The van der Waals surface area contributed by atoms with Gasteiger partial charge in [0, 0.05) is 0 Å². The Morgan fingerprint density at radius 2 is 2.23 bits per heavy atom. The number of oxazole rings is 1. The van der Waals surface area contributed by atoms with Gasteiger partial charge in [-0.05, 0) is 25.5 Å². The van der Waals surface area contributed by atoms with Crippen LogP contribution < -0.4 is 5.73 Å². The SMILES string of the molecule is Cc1cccc2oc(C(C)N)nc12. The maximum absolute atomic E-state index is 5.67. The van der Waals surface area contributed by atoms with Crippen molar-refractivity contribution in [1.82, 2.24) is 4.98 Å². The Balaban J connectivity index is 2.68. The largest absolute Gasteiger partial charge is 0.439 e. The highest BCUT2D eigenvalue weighted by Crippen LogP contribution is 2.21. The summed E-state index contributed by atoms with van der Waals surface area (Å²) in [5.74, 6) is 0.601. The molecular weight excluding hydrogens is 164 g/mol. The lowest BCUT2D eigenvalue weighted by Gasteiger charge is -1.94. The predicted octanol–water partition coefficient (Wildman–Crippen LogP) is 2.16. The number of nitrogens with two attached hydrogens (primary N) is 1. The minimum atomic E-state index is -0.146. The van der Waals surface area contributed by atoms with Crippen LogP contribution >= 0.6 is 0 Å². The molecule has 0 radical (unpaired) electrons. The molecule has 2 N–H and O–H groups in total. The van der Waals surface area contributed by atoms with Crippen LogP contribution in [0.4, 0.5) is 0 Å². The normalized spacial score (nSPS) is 13.5. The minimum absolute atomic E-state index is 0.146. The van der Waals surface area contributed by atoms with E-state index in [0.717, 1.165) is 16.7 Å². The van der Waals surface area contributed by atoms with Crippen LogP contribution in [0.15, 0.2) is 22.6 Å². The van der Waals surface area contributed by atoms with E-state index in [2.05, 4.69) is 4.98 Å². The summed E-state index contributed by atoms with van der Waals surface area (Å²) >= 11 is 0. The van der Waals surface area contributed by atoms with Gasteiger partial charge in [0.05, 0.1) is 6.04 Å². The molecule has 2 aromatic rings. The van der Waals surface area contributed by atoms with Gasteiger partial charge < -0.3 is 10.2 Å².